The predicted molar refractivity (Wildman–Crippen MR) is 319 cm³/mol. The van der Waals surface area contributed by atoms with Gasteiger partial charge in [0.15, 0.2) is 0 Å². The standard InChI is InChI=1S/C21H28BrN5OSSi.C15H14BrN5S.C8H4BrClN2.C7H11N3S/c1-30(2,3)11-10-28-14-27(21-26-25-20(29-21)15-6-4-5-7-15)19-9-8-17-18(24-19)12-16(22)13-23-17;16-10-7-12-11(17-8-10)5-6-13(18-12)19-15-21-20-14(22-15)9-3-1-2-4-9;9-5-3-7-6(11-4-5)1-2-8(10)12-7;8-7-10-9-6(11-7)5-3-1-2-4-5/h8-9,12-13,15H,4-7,10-11,14H2,1-3H3;5-9H,1-4H2,(H,18,19,21);1-4H;5H,1-4H2,(H2,8,10). The number of ether oxygens (including phenoxy) is 1. The molecule has 0 spiro atoms. The summed E-state index contributed by atoms with van der Waals surface area (Å²) in [6, 6.07) is 18.4. The highest BCUT2D eigenvalue weighted by atomic mass is 79.9. The molecule has 16 nitrogen and oxygen atoms in total. The minimum Gasteiger partial charge on any atom is -0.374 e. The smallest absolute Gasteiger partial charge is 0.215 e. The minimum absolute atomic E-state index is 0.420. The highest BCUT2D eigenvalue weighted by Crippen LogP contribution is 2.40. The number of anilines is 5. The Morgan fingerprint density at radius 3 is 1.65 bits per heavy atom. The van der Waals surface area contributed by atoms with Crippen molar-refractivity contribution in [3.05, 3.63) is 107 Å². The second-order valence-electron chi connectivity index (χ2n) is 19.8. The third kappa shape index (κ3) is 15.9. The molecule has 75 heavy (non-hydrogen) atoms. The summed E-state index contributed by atoms with van der Waals surface area (Å²) >= 11 is 20.8. The largest absolute Gasteiger partial charge is 0.374 e. The molecule has 392 valence electrons. The Morgan fingerprint density at radius 1 is 0.600 bits per heavy atom. The zero-order valence-corrected chi connectivity index (χ0v) is 50.8. The predicted octanol–water partition coefficient (Wildman–Crippen LogP) is 15.8. The van der Waals surface area contributed by atoms with Crippen LogP contribution in [0.25, 0.3) is 33.1 Å². The van der Waals surface area contributed by atoms with Gasteiger partial charge in [0.25, 0.3) is 0 Å². The fourth-order valence-electron chi connectivity index (χ4n) is 8.87. The molecule has 0 saturated heterocycles. The quantitative estimate of drug-likeness (QED) is 0.0505. The number of hydrogen-bond donors (Lipinski definition) is 2. The summed E-state index contributed by atoms with van der Waals surface area (Å²) in [6.07, 6.45) is 20.6. The SMILES string of the molecule is Brc1cnc2ccc(Nc3nnc(C4CCCC4)s3)nc2c1.C[Si](C)(C)CCOCN(c1ccc2ncc(Br)cc2n1)c1nnc(C2CCCC2)s1.Clc1ccc2ncc(Br)cc2n1.Nc1nnc(C2CCCC2)s1. The first-order chi connectivity index (χ1) is 36.3. The third-order valence-corrected chi connectivity index (χ3v) is 19.1. The first-order valence-electron chi connectivity index (χ1n) is 25.1. The number of pyridine rings is 6. The van der Waals surface area contributed by atoms with Crippen LogP contribution >= 0.6 is 93.4 Å². The summed E-state index contributed by atoms with van der Waals surface area (Å²) < 4.78 is 8.83. The van der Waals surface area contributed by atoms with Crippen LogP contribution in [0, 0.1) is 0 Å². The Morgan fingerprint density at radius 2 is 1.09 bits per heavy atom. The molecule has 9 heterocycles. The van der Waals surface area contributed by atoms with Gasteiger partial charge >= 0.3 is 0 Å². The van der Waals surface area contributed by atoms with E-state index < -0.39 is 8.07 Å². The number of nitrogens with zero attached hydrogens (tertiary/aromatic N) is 13. The molecule has 0 atom stereocenters. The molecule has 3 saturated carbocycles. The summed E-state index contributed by atoms with van der Waals surface area (Å²) in [5.74, 6) is 3.38. The van der Waals surface area contributed by atoms with Crippen LogP contribution in [-0.4, -0.2) is 81.9 Å². The number of nitrogens with one attached hydrogen (secondary N) is 1. The lowest BCUT2D eigenvalue weighted by atomic mass is 10.1. The monoisotopic (exact) mass is 1290 g/mol. The maximum absolute atomic E-state index is 6.09. The van der Waals surface area contributed by atoms with Gasteiger partial charge in [-0.1, -0.05) is 104 Å². The van der Waals surface area contributed by atoms with Gasteiger partial charge in [0, 0.05) is 64.4 Å². The van der Waals surface area contributed by atoms with Crippen LogP contribution in [-0.2, 0) is 4.74 Å². The first-order valence-corrected chi connectivity index (χ1v) is 34.0. The second-order valence-corrected chi connectivity index (χ2v) is 31.6. The number of rotatable bonds is 12. The molecule has 9 aromatic heterocycles. The molecule has 9 aromatic rings. The lowest BCUT2D eigenvalue weighted by molar-refractivity contribution is 0.153. The van der Waals surface area contributed by atoms with Gasteiger partial charge in [0.2, 0.25) is 15.4 Å². The maximum Gasteiger partial charge on any atom is 0.215 e. The highest BCUT2D eigenvalue weighted by molar-refractivity contribution is 9.11. The molecule has 0 amide bonds. The van der Waals surface area contributed by atoms with E-state index in [1.165, 1.54) is 77.0 Å². The van der Waals surface area contributed by atoms with Crippen molar-refractivity contribution >= 4 is 162 Å². The number of hydrogen-bond acceptors (Lipinski definition) is 19. The van der Waals surface area contributed by atoms with Gasteiger partial charge in [-0.05, 0) is 147 Å². The van der Waals surface area contributed by atoms with E-state index in [-0.39, 0.29) is 0 Å². The molecule has 24 heteroatoms. The van der Waals surface area contributed by atoms with Gasteiger partial charge in [-0.3, -0.25) is 19.9 Å². The van der Waals surface area contributed by atoms with Crippen molar-refractivity contribution in [1.29, 1.82) is 0 Å². The summed E-state index contributed by atoms with van der Waals surface area (Å²) in [6.45, 7) is 8.26. The van der Waals surface area contributed by atoms with Gasteiger partial charge in [-0.15, -0.1) is 30.6 Å². The lowest BCUT2D eigenvalue weighted by Crippen LogP contribution is -2.26. The van der Waals surface area contributed by atoms with Crippen molar-refractivity contribution in [2.75, 3.05) is 29.3 Å². The summed E-state index contributed by atoms with van der Waals surface area (Å²) in [4.78, 5) is 28.5. The van der Waals surface area contributed by atoms with Gasteiger partial charge < -0.3 is 15.8 Å². The normalized spacial score (nSPS) is 15.1. The van der Waals surface area contributed by atoms with Crippen molar-refractivity contribution in [3.8, 4) is 0 Å². The molecule has 3 aliphatic carbocycles. The number of halogens is 4. The fourth-order valence-corrected chi connectivity index (χ4v) is 13.5. The van der Waals surface area contributed by atoms with E-state index in [2.05, 4.69) is 128 Å². The van der Waals surface area contributed by atoms with E-state index in [4.69, 9.17) is 27.1 Å². The van der Waals surface area contributed by atoms with Crippen molar-refractivity contribution < 1.29 is 4.74 Å². The molecule has 0 aliphatic heterocycles. The maximum atomic E-state index is 6.09. The molecule has 3 aliphatic rings. The van der Waals surface area contributed by atoms with E-state index in [0.717, 1.165) is 96.1 Å². The summed E-state index contributed by atoms with van der Waals surface area (Å²) in [5.41, 5.74) is 10.6. The molecule has 0 unspecified atom stereocenters. The van der Waals surface area contributed by atoms with Crippen molar-refractivity contribution in [2.45, 2.75) is 120 Å². The van der Waals surface area contributed by atoms with Crippen LogP contribution in [0.4, 0.5) is 27.0 Å². The fraction of sp³-hybridized carbons (Fsp3) is 0.412. The first kappa shape index (κ1) is 55.4. The topological polar surface area (TPSA) is 205 Å². The number of nitrogens with two attached hydrogens (primary N) is 1. The molecule has 3 fully saturated rings. The van der Waals surface area contributed by atoms with Crippen LogP contribution in [0.5, 0.6) is 0 Å². The Balaban J connectivity index is 0.000000133. The Kier molecular flexibility index (Phi) is 19.5. The number of fused-ring (bicyclic) bond motifs is 3. The van der Waals surface area contributed by atoms with Crippen molar-refractivity contribution in [1.82, 2.24) is 60.5 Å². The van der Waals surface area contributed by atoms with Gasteiger partial charge in [0.1, 0.15) is 38.5 Å². The zero-order chi connectivity index (χ0) is 52.3. The van der Waals surface area contributed by atoms with Crippen LogP contribution in [0.1, 0.15) is 110 Å². The van der Waals surface area contributed by atoms with Crippen molar-refractivity contribution in [2.24, 2.45) is 0 Å². The highest BCUT2D eigenvalue weighted by Gasteiger charge is 2.25. The molecular weight excluding hydrogens is 1240 g/mol. The minimum atomic E-state index is -1.14. The lowest BCUT2D eigenvalue weighted by Gasteiger charge is -2.22. The number of aromatic nitrogens is 12. The van der Waals surface area contributed by atoms with Gasteiger partial charge in [-0.2, -0.15) is 0 Å². The molecular formula is C51H57Br3ClN15OS3Si. The van der Waals surface area contributed by atoms with Crippen LogP contribution in [0.15, 0.2) is 86.6 Å². The Labute approximate surface area is 479 Å². The third-order valence-electron chi connectivity index (χ3n) is 12.9. The van der Waals surface area contributed by atoms with Gasteiger partial charge in [-0.25, -0.2) is 15.0 Å². The van der Waals surface area contributed by atoms with Crippen LogP contribution < -0.4 is 16.0 Å². The molecule has 0 aromatic carbocycles. The Hall–Kier alpha value is -4.33. The molecule has 3 N–H and O–H groups in total. The van der Waals surface area contributed by atoms with Crippen molar-refractivity contribution in [3.63, 3.8) is 0 Å². The Bertz CT molecular complexity index is 3270. The van der Waals surface area contributed by atoms with Crippen LogP contribution in [0.3, 0.4) is 0 Å². The average molecular weight is 1300 g/mol. The second kappa shape index (κ2) is 26.3. The van der Waals surface area contributed by atoms with E-state index in [9.17, 15) is 0 Å². The number of nitrogen functional groups attached to an aromatic ring is 1. The van der Waals surface area contributed by atoms with E-state index in [1.807, 2.05) is 53.4 Å². The van der Waals surface area contributed by atoms with E-state index >= 15 is 0 Å². The zero-order valence-electron chi connectivity index (χ0n) is 41.8. The van der Waals surface area contributed by atoms with E-state index in [0.29, 0.717) is 34.8 Å². The molecule has 0 radical (unpaired) electrons. The van der Waals surface area contributed by atoms with Gasteiger partial charge in [0.05, 0.1) is 33.1 Å². The molecule has 12 rings (SSSR count). The van der Waals surface area contributed by atoms with E-state index in [1.54, 1.807) is 58.7 Å². The summed E-state index contributed by atoms with van der Waals surface area (Å²) in [5, 5.41) is 34.9. The molecule has 0 bridgehead atoms. The van der Waals surface area contributed by atoms with Crippen LogP contribution in [0.2, 0.25) is 30.8 Å². The summed E-state index contributed by atoms with van der Waals surface area (Å²) in [7, 11) is -1.14. The average Bonchev–Trinajstić information content (AvgIpc) is 4.25.